The summed E-state index contributed by atoms with van der Waals surface area (Å²) in [7, 11) is -3.71. The molecule has 0 fully saturated rings. The number of aryl methyl sites for hydroxylation is 2. The summed E-state index contributed by atoms with van der Waals surface area (Å²) in [5.41, 5.74) is 4.49. The first-order chi connectivity index (χ1) is 13.2. The van der Waals surface area contributed by atoms with Crippen LogP contribution in [0.1, 0.15) is 22.5 Å². The van der Waals surface area contributed by atoms with E-state index in [2.05, 4.69) is 9.93 Å². The van der Waals surface area contributed by atoms with Crippen LogP contribution in [0.3, 0.4) is 0 Å². The van der Waals surface area contributed by atoms with Crippen LogP contribution in [0.2, 0.25) is 10.0 Å². The highest BCUT2D eigenvalue weighted by atomic mass is 35.5. The molecule has 0 atom stereocenters. The minimum atomic E-state index is -3.71. The van der Waals surface area contributed by atoms with E-state index in [0.717, 1.165) is 28.2 Å². The summed E-state index contributed by atoms with van der Waals surface area (Å²) in [5, 5.41) is 4.88. The fraction of sp³-hybridized carbons (Fsp3) is 0.150. The molecule has 0 aliphatic rings. The van der Waals surface area contributed by atoms with Crippen LogP contribution in [0.4, 0.5) is 0 Å². The minimum absolute atomic E-state index is 0.163. The number of sulfonamides is 1. The van der Waals surface area contributed by atoms with Crippen LogP contribution in [0.25, 0.3) is 5.69 Å². The zero-order chi connectivity index (χ0) is 20.5. The van der Waals surface area contributed by atoms with Crippen molar-refractivity contribution in [2.24, 2.45) is 5.10 Å². The average molecular weight is 436 g/mol. The maximum absolute atomic E-state index is 12.3. The van der Waals surface area contributed by atoms with Crippen LogP contribution in [-0.2, 0) is 10.0 Å². The lowest BCUT2D eigenvalue weighted by Crippen LogP contribution is -2.18. The number of hydrogen-bond donors (Lipinski definition) is 1. The van der Waals surface area contributed by atoms with Gasteiger partial charge in [-0.2, -0.15) is 13.5 Å². The van der Waals surface area contributed by atoms with Gasteiger partial charge in [0, 0.05) is 22.6 Å². The minimum Gasteiger partial charge on any atom is -0.318 e. The Labute approximate surface area is 174 Å². The van der Waals surface area contributed by atoms with Gasteiger partial charge in [0.2, 0.25) is 0 Å². The molecular weight excluding hydrogens is 417 g/mol. The second-order valence-corrected chi connectivity index (χ2v) is 8.90. The number of nitrogens with zero attached hydrogens (tertiary/aromatic N) is 2. The fourth-order valence-electron chi connectivity index (χ4n) is 2.88. The SMILES string of the molecule is Cc1ccc(S(=O)(=O)N/N=C\c2cc(C)n(-c3ccc(Cl)c(Cl)c3)c2C)cc1. The lowest BCUT2D eigenvalue weighted by atomic mass is 10.2. The molecule has 0 amide bonds. The maximum atomic E-state index is 12.3. The summed E-state index contributed by atoms with van der Waals surface area (Å²) in [5.74, 6) is 0. The van der Waals surface area contributed by atoms with Gasteiger partial charge in [-0.3, -0.25) is 0 Å². The lowest BCUT2D eigenvalue weighted by Gasteiger charge is -2.10. The molecule has 0 aliphatic carbocycles. The molecule has 3 rings (SSSR count). The summed E-state index contributed by atoms with van der Waals surface area (Å²) in [6.07, 6.45) is 1.49. The first-order valence-electron chi connectivity index (χ1n) is 8.45. The van der Waals surface area contributed by atoms with Crippen LogP contribution in [0.5, 0.6) is 0 Å². The standard InChI is InChI=1S/C20H19Cl2N3O2S/c1-13-4-7-18(8-5-13)28(26,27)24-23-12-16-10-14(2)25(15(16)3)17-6-9-19(21)20(22)11-17/h4-12,24H,1-3H3/b23-12-. The predicted octanol–water partition coefficient (Wildman–Crippen LogP) is 5.02. The maximum Gasteiger partial charge on any atom is 0.276 e. The van der Waals surface area contributed by atoms with Gasteiger partial charge in [-0.1, -0.05) is 40.9 Å². The number of hydrogen-bond acceptors (Lipinski definition) is 3. The van der Waals surface area contributed by atoms with E-state index in [1.165, 1.54) is 6.21 Å². The number of aromatic nitrogens is 1. The van der Waals surface area contributed by atoms with Gasteiger partial charge in [-0.05, 0) is 57.2 Å². The molecule has 0 bridgehead atoms. The molecule has 1 N–H and O–H groups in total. The van der Waals surface area contributed by atoms with E-state index in [4.69, 9.17) is 23.2 Å². The molecule has 8 heteroatoms. The van der Waals surface area contributed by atoms with Gasteiger partial charge in [0.05, 0.1) is 21.2 Å². The molecule has 2 aromatic carbocycles. The quantitative estimate of drug-likeness (QED) is 0.451. The van der Waals surface area contributed by atoms with Crippen molar-refractivity contribution < 1.29 is 8.42 Å². The van der Waals surface area contributed by atoms with Crippen molar-refractivity contribution in [3.05, 3.63) is 81.1 Å². The Bertz CT molecular complexity index is 1150. The highest BCUT2D eigenvalue weighted by molar-refractivity contribution is 7.89. The van der Waals surface area contributed by atoms with E-state index in [9.17, 15) is 8.42 Å². The summed E-state index contributed by atoms with van der Waals surface area (Å²) in [6, 6.07) is 13.9. The number of nitrogens with one attached hydrogen (secondary N) is 1. The largest absolute Gasteiger partial charge is 0.318 e. The third kappa shape index (κ3) is 4.24. The summed E-state index contributed by atoms with van der Waals surface area (Å²) < 4.78 is 26.6. The highest BCUT2D eigenvalue weighted by Crippen LogP contribution is 2.27. The molecule has 28 heavy (non-hydrogen) atoms. The normalized spacial score (nSPS) is 11.9. The topological polar surface area (TPSA) is 63.5 Å². The second-order valence-electron chi connectivity index (χ2n) is 6.43. The molecule has 0 aliphatic heterocycles. The first-order valence-corrected chi connectivity index (χ1v) is 10.7. The highest BCUT2D eigenvalue weighted by Gasteiger charge is 2.13. The van der Waals surface area contributed by atoms with Gasteiger partial charge >= 0.3 is 0 Å². The fourth-order valence-corrected chi connectivity index (χ4v) is 3.96. The van der Waals surface area contributed by atoms with Crippen molar-refractivity contribution in [3.63, 3.8) is 0 Å². The molecule has 146 valence electrons. The third-order valence-electron chi connectivity index (χ3n) is 4.34. The van der Waals surface area contributed by atoms with Gasteiger partial charge < -0.3 is 4.57 Å². The molecule has 0 radical (unpaired) electrons. The Balaban J connectivity index is 1.85. The Kier molecular flexibility index (Phi) is 5.84. The molecule has 3 aromatic rings. The predicted molar refractivity (Wildman–Crippen MR) is 114 cm³/mol. The van der Waals surface area contributed by atoms with Crippen LogP contribution >= 0.6 is 23.2 Å². The molecule has 1 aromatic heterocycles. The molecular formula is C20H19Cl2N3O2S. The molecule has 0 saturated carbocycles. The van der Waals surface area contributed by atoms with Crippen molar-refractivity contribution >= 4 is 39.4 Å². The van der Waals surface area contributed by atoms with Crippen molar-refractivity contribution in [1.82, 2.24) is 9.40 Å². The number of rotatable bonds is 5. The Morgan fingerprint density at radius 3 is 2.29 bits per heavy atom. The van der Waals surface area contributed by atoms with E-state index in [-0.39, 0.29) is 4.90 Å². The Hall–Kier alpha value is -2.28. The summed E-state index contributed by atoms with van der Waals surface area (Å²) in [4.78, 5) is 2.41. The monoisotopic (exact) mass is 435 g/mol. The van der Waals surface area contributed by atoms with E-state index in [0.29, 0.717) is 10.0 Å². The van der Waals surface area contributed by atoms with Gasteiger partial charge in [0.25, 0.3) is 10.0 Å². The number of benzene rings is 2. The van der Waals surface area contributed by atoms with E-state index in [1.54, 1.807) is 36.4 Å². The van der Waals surface area contributed by atoms with Crippen molar-refractivity contribution in [3.8, 4) is 5.69 Å². The first kappa shape index (κ1) is 20.5. The third-order valence-corrected chi connectivity index (χ3v) is 6.32. The van der Waals surface area contributed by atoms with E-state index in [1.807, 2.05) is 37.5 Å². The van der Waals surface area contributed by atoms with Crippen molar-refractivity contribution in [2.75, 3.05) is 0 Å². The van der Waals surface area contributed by atoms with E-state index >= 15 is 0 Å². The molecule has 0 saturated heterocycles. The average Bonchev–Trinajstić information content (AvgIpc) is 2.91. The number of halogens is 2. The molecule has 0 spiro atoms. The Morgan fingerprint density at radius 1 is 0.964 bits per heavy atom. The van der Waals surface area contributed by atoms with Gasteiger partial charge in [-0.25, -0.2) is 4.83 Å². The van der Waals surface area contributed by atoms with Gasteiger partial charge in [-0.15, -0.1) is 0 Å². The van der Waals surface area contributed by atoms with Gasteiger partial charge in [0.15, 0.2) is 0 Å². The summed E-state index contributed by atoms with van der Waals surface area (Å²) in [6.45, 7) is 5.76. The molecule has 0 unspecified atom stereocenters. The van der Waals surface area contributed by atoms with E-state index < -0.39 is 10.0 Å². The smallest absolute Gasteiger partial charge is 0.276 e. The molecule has 5 nitrogen and oxygen atoms in total. The van der Waals surface area contributed by atoms with Crippen LogP contribution < -0.4 is 4.83 Å². The summed E-state index contributed by atoms with van der Waals surface area (Å²) >= 11 is 12.1. The van der Waals surface area contributed by atoms with Gasteiger partial charge in [0.1, 0.15) is 0 Å². The van der Waals surface area contributed by atoms with Crippen molar-refractivity contribution in [2.45, 2.75) is 25.7 Å². The zero-order valence-electron chi connectivity index (χ0n) is 15.6. The zero-order valence-corrected chi connectivity index (χ0v) is 17.9. The van der Waals surface area contributed by atoms with Crippen LogP contribution in [-0.4, -0.2) is 19.2 Å². The lowest BCUT2D eigenvalue weighted by molar-refractivity contribution is 0.584. The molecule has 1 heterocycles. The second kappa shape index (κ2) is 7.99. The van der Waals surface area contributed by atoms with Crippen molar-refractivity contribution in [1.29, 1.82) is 0 Å². The van der Waals surface area contributed by atoms with Crippen LogP contribution in [0.15, 0.2) is 58.5 Å². The van der Waals surface area contributed by atoms with Crippen LogP contribution in [0, 0.1) is 20.8 Å². The number of hydrazone groups is 1. The Morgan fingerprint density at radius 2 is 1.64 bits per heavy atom.